The molecule has 0 saturated carbocycles. The molecule has 2 atom stereocenters. The molecule has 2 N–H and O–H groups in total. The Balaban J connectivity index is 2.14. The quantitative estimate of drug-likeness (QED) is 0.664. The van der Waals surface area contributed by atoms with Crippen molar-refractivity contribution in [1.29, 1.82) is 0 Å². The number of carbonyl (C=O) groups is 1. The van der Waals surface area contributed by atoms with E-state index in [1.165, 1.54) is 10.9 Å². The van der Waals surface area contributed by atoms with Gasteiger partial charge in [-0.25, -0.2) is 4.98 Å². The van der Waals surface area contributed by atoms with Crippen LogP contribution in [0.2, 0.25) is 5.02 Å². The SMILES string of the molecule is CCOC(=O)Cn1cnc([C@H](C)C[C@H](N)c2ccc(Cl)cc2)c(Br)c1=O. The molecule has 2 aromatic rings. The van der Waals surface area contributed by atoms with Gasteiger partial charge in [-0.15, -0.1) is 0 Å². The normalized spacial score (nSPS) is 13.3. The maximum Gasteiger partial charge on any atom is 0.326 e. The molecule has 0 fully saturated rings. The van der Waals surface area contributed by atoms with Crippen LogP contribution in [0.3, 0.4) is 0 Å². The second-order valence-electron chi connectivity index (χ2n) is 5.98. The fourth-order valence-electron chi connectivity index (χ4n) is 2.62. The zero-order valence-corrected chi connectivity index (χ0v) is 17.0. The van der Waals surface area contributed by atoms with E-state index in [1.54, 1.807) is 19.1 Å². The third-order valence-electron chi connectivity index (χ3n) is 3.99. The average Bonchev–Trinajstić information content (AvgIpc) is 2.59. The number of benzene rings is 1. The monoisotopic (exact) mass is 441 g/mol. The predicted molar refractivity (Wildman–Crippen MR) is 104 cm³/mol. The van der Waals surface area contributed by atoms with E-state index in [2.05, 4.69) is 20.9 Å². The first-order valence-electron chi connectivity index (χ1n) is 8.25. The Morgan fingerprint density at radius 3 is 2.65 bits per heavy atom. The van der Waals surface area contributed by atoms with Crippen LogP contribution in [0, 0.1) is 0 Å². The molecule has 8 heteroatoms. The van der Waals surface area contributed by atoms with Gasteiger partial charge >= 0.3 is 5.97 Å². The lowest BCUT2D eigenvalue weighted by molar-refractivity contribution is -0.143. The number of nitrogens with zero attached hydrogens (tertiary/aromatic N) is 2. The fraction of sp³-hybridized carbons (Fsp3) is 0.389. The van der Waals surface area contributed by atoms with E-state index < -0.39 is 5.97 Å². The Hall–Kier alpha value is -1.70. The number of nitrogens with two attached hydrogens (primary N) is 1. The first-order chi connectivity index (χ1) is 12.3. The third kappa shape index (κ3) is 5.16. The second kappa shape index (κ2) is 9.30. The molecular weight excluding hydrogens is 422 g/mol. The van der Waals surface area contributed by atoms with Crippen molar-refractivity contribution < 1.29 is 9.53 Å². The number of esters is 1. The summed E-state index contributed by atoms with van der Waals surface area (Å²) in [4.78, 5) is 28.4. The summed E-state index contributed by atoms with van der Waals surface area (Å²) in [5, 5.41) is 0.656. The van der Waals surface area contributed by atoms with Crippen molar-refractivity contribution in [2.24, 2.45) is 5.73 Å². The zero-order chi connectivity index (χ0) is 19.3. The number of halogens is 2. The predicted octanol–water partition coefficient (Wildman–Crippen LogP) is 3.42. The Bertz CT molecular complexity index is 823. The van der Waals surface area contributed by atoms with Gasteiger partial charge in [-0.3, -0.25) is 14.2 Å². The fourth-order valence-corrected chi connectivity index (χ4v) is 3.46. The summed E-state index contributed by atoms with van der Waals surface area (Å²) in [6.07, 6.45) is 1.97. The van der Waals surface area contributed by atoms with E-state index in [-0.39, 0.29) is 30.7 Å². The van der Waals surface area contributed by atoms with Crippen molar-refractivity contribution in [3.8, 4) is 0 Å². The molecule has 0 spiro atoms. The van der Waals surface area contributed by atoms with Crippen LogP contribution in [-0.4, -0.2) is 22.1 Å². The Labute approximate surface area is 165 Å². The van der Waals surface area contributed by atoms with Gasteiger partial charge in [0, 0.05) is 17.0 Å². The number of rotatable bonds is 7. The highest BCUT2D eigenvalue weighted by Crippen LogP contribution is 2.28. The lowest BCUT2D eigenvalue weighted by Crippen LogP contribution is -2.28. The van der Waals surface area contributed by atoms with Crippen molar-refractivity contribution in [2.75, 3.05) is 6.61 Å². The molecule has 2 rings (SSSR count). The first-order valence-corrected chi connectivity index (χ1v) is 9.42. The molecule has 0 aliphatic rings. The Morgan fingerprint density at radius 2 is 2.04 bits per heavy atom. The van der Waals surface area contributed by atoms with Gasteiger partial charge in [0.25, 0.3) is 5.56 Å². The summed E-state index contributed by atoms with van der Waals surface area (Å²) >= 11 is 9.21. The summed E-state index contributed by atoms with van der Waals surface area (Å²) < 4.78 is 6.41. The number of carbonyl (C=O) groups excluding carboxylic acids is 1. The number of hydrogen-bond acceptors (Lipinski definition) is 5. The van der Waals surface area contributed by atoms with Gasteiger partial charge in [0.2, 0.25) is 0 Å². The van der Waals surface area contributed by atoms with E-state index in [1.807, 2.05) is 19.1 Å². The van der Waals surface area contributed by atoms with Crippen LogP contribution in [0.25, 0.3) is 0 Å². The van der Waals surface area contributed by atoms with Crippen LogP contribution in [0.15, 0.2) is 39.9 Å². The van der Waals surface area contributed by atoms with Crippen LogP contribution in [0.5, 0.6) is 0 Å². The number of ether oxygens (including phenoxy) is 1. The van der Waals surface area contributed by atoms with Gasteiger partial charge in [0.15, 0.2) is 0 Å². The largest absolute Gasteiger partial charge is 0.465 e. The van der Waals surface area contributed by atoms with Crippen LogP contribution in [0.4, 0.5) is 0 Å². The smallest absolute Gasteiger partial charge is 0.326 e. The first kappa shape index (κ1) is 20.6. The van der Waals surface area contributed by atoms with E-state index in [0.29, 0.717) is 21.6 Å². The molecule has 6 nitrogen and oxygen atoms in total. The van der Waals surface area contributed by atoms with Crippen molar-refractivity contribution >= 4 is 33.5 Å². The van der Waals surface area contributed by atoms with Gasteiger partial charge in [-0.05, 0) is 47.0 Å². The Morgan fingerprint density at radius 1 is 1.38 bits per heavy atom. The van der Waals surface area contributed by atoms with Crippen LogP contribution in [-0.2, 0) is 16.1 Å². The van der Waals surface area contributed by atoms with Crippen molar-refractivity contribution in [3.05, 3.63) is 61.7 Å². The minimum absolute atomic E-state index is 0.0556. The van der Waals surface area contributed by atoms with Gasteiger partial charge < -0.3 is 10.5 Å². The summed E-state index contributed by atoms with van der Waals surface area (Å²) in [7, 11) is 0. The molecule has 1 heterocycles. The maximum absolute atomic E-state index is 12.4. The highest BCUT2D eigenvalue weighted by molar-refractivity contribution is 9.10. The molecule has 0 radical (unpaired) electrons. The molecule has 0 aliphatic heterocycles. The van der Waals surface area contributed by atoms with E-state index in [9.17, 15) is 9.59 Å². The third-order valence-corrected chi connectivity index (χ3v) is 4.98. The van der Waals surface area contributed by atoms with E-state index in [0.717, 1.165) is 5.56 Å². The average molecular weight is 443 g/mol. The van der Waals surface area contributed by atoms with Crippen molar-refractivity contribution in [3.63, 3.8) is 0 Å². The standard InChI is InChI=1S/C18H21BrClN3O3/c1-3-26-15(24)9-23-10-22-17(16(19)18(23)25)11(2)8-14(21)12-4-6-13(20)7-5-12/h4-7,10-11,14H,3,8-9,21H2,1-2H3/t11-,14+/m1/s1. The lowest BCUT2D eigenvalue weighted by atomic mass is 9.94. The maximum atomic E-state index is 12.4. The summed E-state index contributed by atoms with van der Waals surface area (Å²) in [6, 6.07) is 7.16. The summed E-state index contributed by atoms with van der Waals surface area (Å²) in [5.41, 5.74) is 7.52. The minimum atomic E-state index is -0.478. The van der Waals surface area contributed by atoms with Gasteiger partial charge in [0.1, 0.15) is 11.0 Å². The Kier molecular flexibility index (Phi) is 7.37. The molecule has 0 aliphatic carbocycles. The van der Waals surface area contributed by atoms with Crippen molar-refractivity contribution in [2.45, 2.75) is 38.8 Å². The number of aromatic nitrogens is 2. The summed E-state index contributed by atoms with van der Waals surface area (Å²) in [6.45, 7) is 3.76. The molecule has 0 bridgehead atoms. The molecule has 1 aromatic carbocycles. The van der Waals surface area contributed by atoms with Crippen LogP contribution < -0.4 is 11.3 Å². The minimum Gasteiger partial charge on any atom is -0.465 e. The lowest BCUT2D eigenvalue weighted by Gasteiger charge is -2.19. The summed E-state index contributed by atoms with van der Waals surface area (Å²) in [5.74, 6) is -0.533. The molecule has 0 amide bonds. The van der Waals surface area contributed by atoms with E-state index >= 15 is 0 Å². The molecule has 140 valence electrons. The molecule has 0 saturated heterocycles. The van der Waals surface area contributed by atoms with Crippen molar-refractivity contribution in [1.82, 2.24) is 9.55 Å². The van der Waals surface area contributed by atoms with E-state index in [4.69, 9.17) is 22.1 Å². The highest BCUT2D eigenvalue weighted by Gasteiger charge is 2.19. The van der Waals surface area contributed by atoms with Gasteiger partial charge in [0.05, 0.1) is 18.6 Å². The molecule has 1 aromatic heterocycles. The zero-order valence-electron chi connectivity index (χ0n) is 14.6. The number of hydrogen-bond donors (Lipinski definition) is 1. The molecular formula is C18H21BrClN3O3. The second-order valence-corrected chi connectivity index (χ2v) is 7.21. The highest BCUT2D eigenvalue weighted by atomic mass is 79.9. The van der Waals surface area contributed by atoms with Gasteiger partial charge in [-0.1, -0.05) is 30.7 Å². The topological polar surface area (TPSA) is 87.2 Å². The molecule has 26 heavy (non-hydrogen) atoms. The molecule has 0 unspecified atom stereocenters. The van der Waals surface area contributed by atoms with Gasteiger partial charge in [-0.2, -0.15) is 0 Å². The van der Waals surface area contributed by atoms with Crippen LogP contribution in [0.1, 0.15) is 43.5 Å². The van der Waals surface area contributed by atoms with Crippen LogP contribution >= 0.6 is 27.5 Å².